The molecule has 0 atom stereocenters. The van der Waals surface area contributed by atoms with E-state index in [1.54, 1.807) is 24.3 Å². The Hall–Kier alpha value is -2.21. The highest BCUT2D eigenvalue weighted by atomic mass is 32.1. The Balaban J connectivity index is 2.01. The number of nitrogens with one attached hydrogen (secondary N) is 3. The third-order valence-electron chi connectivity index (χ3n) is 2.63. The summed E-state index contributed by atoms with van der Waals surface area (Å²) >= 11 is 5.11. The topological polar surface area (TPSA) is 69.8 Å². The second-order valence-corrected chi connectivity index (χ2v) is 4.49. The van der Waals surface area contributed by atoms with E-state index < -0.39 is 0 Å². The fourth-order valence-corrected chi connectivity index (χ4v) is 1.84. The zero-order chi connectivity index (χ0) is 13.8. The lowest BCUT2D eigenvalue weighted by atomic mass is 10.2. The van der Waals surface area contributed by atoms with Gasteiger partial charge in [-0.25, -0.2) is 0 Å². The number of rotatable bonds is 2. The predicted octanol–water partition coefficient (Wildman–Crippen LogP) is 2.15. The van der Waals surface area contributed by atoms with Crippen molar-refractivity contribution in [3.63, 3.8) is 0 Å². The molecule has 0 saturated carbocycles. The van der Waals surface area contributed by atoms with E-state index in [0.29, 0.717) is 5.56 Å². The largest absolute Gasteiger partial charge is 0.329 e. The first kappa shape index (κ1) is 13.2. The van der Waals surface area contributed by atoms with Gasteiger partial charge >= 0.3 is 0 Å². The Kier molecular flexibility index (Phi) is 3.91. The Morgan fingerprint density at radius 2 is 1.95 bits per heavy atom. The third kappa shape index (κ3) is 3.17. The average Bonchev–Trinajstić information content (AvgIpc) is 2.71. The second kappa shape index (κ2) is 5.62. The van der Waals surface area contributed by atoms with E-state index >= 15 is 0 Å². The van der Waals surface area contributed by atoms with Crippen LogP contribution in [0.3, 0.4) is 0 Å². The van der Waals surface area contributed by atoms with Crippen LogP contribution < -0.4 is 10.6 Å². The molecule has 0 spiro atoms. The number of thiocarbonyl (C=S) groups is 1. The van der Waals surface area contributed by atoms with E-state index in [4.69, 9.17) is 12.2 Å². The number of benzene rings is 1. The summed E-state index contributed by atoms with van der Waals surface area (Å²) in [4.78, 5) is 11.9. The van der Waals surface area contributed by atoms with E-state index in [2.05, 4.69) is 20.8 Å². The van der Waals surface area contributed by atoms with Gasteiger partial charge in [0.2, 0.25) is 0 Å². The van der Waals surface area contributed by atoms with Crippen molar-refractivity contribution in [1.29, 1.82) is 0 Å². The predicted molar refractivity (Wildman–Crippen MR) is 78.2 cm³/mol. The number of hydrogen-bond acceptors (Lipinski definition) is 3. The van der Waals surface area contributed by atoms with Crippen molar-refractivity contribution in [1.82, 2.24) is 15.5 Å². The maximum atomic E-state index is 11.9. The van der Waals surface area contributed by atoms with Gasteiger partial charge in [-0.05, 0) is 38.2 Å². The molecule has 1 aromatic carbocycles. The van der Waals surface area contributed by atoms with Crippen LogP contribution in [0.4, 0.5) is 5.69 Å². The number of H-pyrrole nitrogens is 1. The highest BCUT2D eigenvalue weighted by Gasteiger charge is 2.10. The van der Waals surface area contributed by atoms with Crippen LogP contribution in [-0.2, 0) is 0 Å². The van der Waals surface area contributed by atoms with Crippen LogP contribution in [0.5, 0.6) is 0 Å². The van der Waals surface area contributed by atoms with Crippen molar-refractivity contribution in [3.8, 4) is 0 Å². The highest BCUT2D eigenvalue weighted by molar-refractivity contribution is 7.80. The average molecular weight is 274 g/mol. The van der Waals surface area contributed by atoms with Crippen molar-refractivity contribution in [2.45, 2.75) is 13.8 Å². The van der Waals surface area contributed by atoms with Crippen LogP contribution in [0.1, 0.15) is 21.7 Å². The third-order valence-corrected chi connectivity index (χ3v) is 2.83. The molecule has 1 aromatic heterocycles. The lowest BCUT2D eigenvalue weighted by molar-refractivity contribution is 0.0977. The Morgan fingerprint density at radius 1 is 1.26 bits per heavy atom. The summed E-state index contributed by atoms with van der Waals surface area (Å²) in [6, 6.07) is 8.91. The number of nitrogens with zero attached hydrogens (tertiary/aromatic N) is 1. The molecule has 98 valence electrons. The molecule has 0 unspecified atom stereocenters. The number of anilines is 1. The molecule has 0 radical (unpaired) electrons. The fraction of sp³-hybridized carbons (Fsp3) is 0.154. The Morgan fingerprint density at radius 3 is 2.53 bits per heavy atom. The van der Waals surface area contributed by atoms with E-state index in [1.165, 1.54) is 0 Å². The van der Waals surface area contributed by atoms with Crippen LogP contribution in [-0.4, -0.2) is 21.2 Å². The summed E-state index contributed by atoms with van der Waals surface area (Å²) in [6.45, 7) is 3.73. The molecular weight excluding hydrogens is 260 g/mol. The van der Waals surface area contributed by atoms with Gasteiger partial charge in [0.15, 0.2) is 5.11 Å². The van der Waals surface area contributed by atoms with Crippen LogP contribution in [0.2, 0.25) is 0 Å². The minimum absolute atomic E-state index is 0.239. The molecule has 6 heteroatoms. The number of hydrogen-bond donors (Lipinski definition) is 3. The monoisotopic (exact) mass is 274 g/mol. The molecule has 2 aromatic rings. The number of carbonyl (C=O) groups excluding carboxylic acids is 1. The van der Waals surface area contributed by atoms with Gasteiger partial charge in [-0.1, -0.05) is 18.2 Å². The normalized spacial score (nSPS) is 10.0. The quantitative estimate of drug-likeness (QED) is 0.734. The number of aromatic nitrogens is 2. The molecule has 1 heterocycles. The van der Waals surface area contributed by atoms with E-state index in [-0.39, 0.29) is 11.0 Å². The van der Waals surface area contributed by atoms with Crippen LogP contribution in [0.15, 0.2) is 30.3 Å². The zero-order valence-electron chi connectivity index (χ0n) is 10.7. The molecule has 0 fully saturated rings. The molecule has 0 aliphatic rings. The first-order valence-corrected chi connectivity index (χ1v) is 6.17. The SMILES string of the molecule is Cc1n[nH]c(C)c1NC(=S)NC(=O)c1ccccc1. The minimum Gasteiger partial charge on any atom is -0.329 e. The standard InChI is InChI=1S/C13H14N4OS/c1-8-11(9(2)17-16-8)14-13(19)15-12(18)10-6-4-3-5-7-10/h3-7H,1-2H3,(H,16,17)(H2,14,15,18,19). The van der Waals surface area contributed by atoms with Crippen molar-refractivity contribution in [2.75, 3.05) is 5.32 Å². The van der Waals surface area contributed by atoms with Gasteiger partial charge in [-0.15, -0.1) is 0 Å². The number of carbonyl (C=O) groups is 1. The van der Waals surface area contributed by atoms with Gasteiger partial charge in [-0.2, -0.15) is 5.10 Å². The van der Waals surface area contributed by atoms with Gasteiger partial charge in [0, 0.05) is 5.56 Å². The fourth-order valence-electron chi connectivity index (χ4n) is 1.64. The minimum atomic E-state index is -0.239. The molecule has 3 N–H and O–H groups in total. The van der Waals surface area contributed by atoms with Crippen LogP contribution >= 0.6 is 12.2 Å². The smallest absolute Gasteiger partial charge is 0.257 e. The van der Waals surface area contributed by atoms with E-state index in [1.807, 2.05) is 19.9 Å². The molecular formula is C13H14N4OS. The van der Waals surface area contributed by atoms with Gasteiger partial charge in [0.1, 0.15) is 0 Å². The maximum absolute atomic E-state index is 11.9. The molecule has 0 aliphatic heterocycles. The summed E-state index contributed by atoms with van der Waals surface area (Å²) < 4.78 is 0. The second-order valence-electron chi connectivity index (χ2n) is 4.08. The van der Waals surface area contributed by atoms with Crippen molar-refractivity contribution < 1.29 is 4.79 Å². The molecule has 19 heavy (non-hydrogen) atoms. The first-order chi connectivity index (χ1) is 9.08. The number of aromatic amines is 1. The lowest BCUT2D eigenvalue weighted by Crippen LogP contribution is -2.34. The van der Waals surface area contributed by atoms with Gasteiger partial charge < -0.3 is 5.32 Å². The van der Waals surface area contributed by atoms with Gasteiger partial charge in [0.05, 0.1) is 17.1 Å². The maximum Gasteiger partial charge on any atom is 0.257 e. The van der Waals surface area contributed by atoms with E-state index in [9.17, 15) is 4.79 Å². The van der Waals surface area contributed by atoms with E-state index in [0.717, 1.165) is 17.1 Å². The van der Waals surface area contributed by atoms with Crippen LogP contribution in [0.25, 0.3) is 0 Å². The molecule has 0 aliphatic carbocycles. The summed E-state index contributed by atoms with van der Waals surface area (Å²) in [5.41, 5.74) is 3.02. The van der Waals surface area contributed by atoms with Crippen molar-refractivity contribution >= 4 is 28.9 Å². The van der Waals surface area contributed by atoms with Crippen LogP contribution in [0, 0.1) is 13.8 Å². The summed E-state index contributed by atoms with van der Waals surface area (Å²) in [7, 11) is 0. The Bertz CT molecular complexity index is 587. The number of amides is 1. The highest BCUT2D eigenvalue weighted by Crippen LogP contribution is 2.15. The summed E-state index contributed by atoms with van der Waals surface area (Å²) in [6.07, 6.45) is 0. The molecule has 0 bridgehead atoms. The van der Waals surface area contributed by atoms with Crippen molar-refractivity contribution in [2.24, 2.45) is 0 Å². The Labute approximate surface area is 116 Å². The van der Waals surface area contributed by atoms with Crippen molar-refractivity contribution in [3.05, 3.63) is 47.3 Å². The zero-order valence-corrected chi connectivity index (χ0v) is 11.5. The lowest BCUT2D eigenvalue weighted by Gasteiger charge is -2.09. The number of aryl methyl sites for hydroxylation is 2. The first-order valence-electron chi connectivity index (χ1n) is 5.77. The molecule has 0 saturated heterocycles. The molecule has 5 nitrogen and oxygen atoms in total. The van der Waals surface area contributed by atoms with Gasteiger partial charge in [0.25, 0.3) is 5.91 Å². The molecule has 2 rings (SSSR count). The summed E-state index contributed by atoms with van der Waals surface area (Å²) in [5, 5.41) is 12.7. The summed E-state index contributed by atoms with van der Waals surface area (Å²) in [5.74, 6) is -0.239. The van der Waals surface area contributed by atoms with Gasteiger partial charge in [-0.3, -0.25) is 15.2 Å². The molecule has 1 amide bonds.